The van der Waals surface area contributed by atoms with Crippen molar-refractivity contribution in [1.82, 2.24) is 4.90 Å². The van der Waals surface area contributed by atoms with Gasteiger partial charge >= 0.3 is 16.1 Å². The normalized spacial score (nSPS) is 27.9. The standard InChI is InChI=1S/C23H26N4O13S/c1-25(2)10-7-11(27(35)36)16(28)14-9(10)5-8-6-12-22(34,18(30)13(8)17(14)29)19(31)15(21(24)33)20(32)23(12,26(3)4)40-41(37,38)39/h7-8,12,28,30,32,34H,5-6H2,1-4H3,(H2,24,33)(H,37,38,39)/t8?,12?,22-,23+/m0/s1. The van der Waals surface area contributed by atoms with E-state index in [1.807, 2.05) is 0 Å². The van der Waals surface area contributed by atoms with Gasteiger partial charge in [-0.1, -0.05) is 0 Å². The average molecular weight is 599 g/mol. The fraction of sp³-hybridized carbons (Fsp3) is 0.435. The van der Waals surface area contributed by atoms with Crippen LogP contribution in [0.5, 0.6) is 5.75 Å². The van der Waals surface area contributed by atoms with Gasteiger partial charge in [0.25, 0.3) is 5.91 Å². The fourth-order valence-corrected chi connectivity index (χ4v) is 6.77. The summed E-state index contributed by atoms with van der Waals surface area (Å²) in [5.41, 5.74) is -4.22. The number of aliphatic hydroxyl groups excluding tert-OH is 2. The zero-order valence-corrected chi connectivity index (χ0v) is 22.8. The predicted molar refractivity (Wildman–Crippen MR) is 136 cm³/mol. The number of ketones is 2. The van der Waals surface area contributed by atoms with Crippen molar-refractivity contribution in [2.45, 2.75) is 24.2 Å². The first-order valence-electron chi connectivity index (χ1n) is 11.8. The first-order chi connectivity index (χ1) is 18.7. The van der Waals surface area contributed by atoms with Crippen LogP contribution < -0.4 is 10.6 Å². The van der Waals surface area contributed by atoms with Crippen LogP contribution >= 0.6 is 0 Å². The Bertz CT molecular complexity index is 1610. The first kappa shape index (κ1) is 29.9. The lowest BCUT2D eigenvalue weighted by atomic mass is 9.57. The van der Waals surface area contributed by atoms with E-state index in [4.69, 9.17) is 9.92 Å². The van der Waals surface area contributed by atoms with E-state index in [0.717, 1.165) is 25.1 Å². The number of fused-ring (bicyclic) bond motifs is 3. The number of phenols is 1. The van der Waals surface area contributed by atoms with Gasteiger partial charge in [-0.05, 0) is 38.4 Å². The number of phenolic OH excluding ortho intramolecular Hbond substituents is 1. The number of primary amides is 1. The van der Waals surface area contributed by atoms with E-state index < -0.39 is 102 Å². The Kier molecular flexibility index (Phi) is 6.71. The average Bonchev–Trinajstić information content (AvgIpc) is 2.82. The van der Waals surface area contributed by atoms with E-state index >= 15 is 0 Å². The van der Waals surface area contributed by atoms with E-state index in [1.165, 1.54) is 19.0 Å². The zero-order chi connectivity index (χ0) is 31.1. The predicted octanol–water partition coefficient (Wildman–Crippen LogP) is -0.758. The minimum atomic E-state index is -5.53. The van der Waals surface area contributed by atoms with Crippen molar-refractivity contribution in [2.75, 3.05) is 33.1 Å². The molecule has 1 aromatic rings. The quantitative estimate of drug-likeness (QED) is 0.0772. The Labute approximate surface area is 231 Å². The maximum absolute atomic E-state index is 13.8. The van der Waals surface area contributed by atoms with Crippen LogP contribution in [0, 0.1) is 22.0 Å². The number of amides is 1. The van der Waals surface area contributed by atoms with E-state index in [9.17, 15) is 57.9 Å². The number of allylic oxidation sites excluding steroid dienone is 1. The lowest BCUT2D eigenvalue weighted by Gasteiger charge is -2.54. The molecule has 3 aliphatic carbocycles. The molecule has 4 rings (SSSR count). The lowest BCUT2D eigenvalue weighted by Crippen LogP contribution is -2.71. The van der Waals surface area contributed by atoms with Crippen molar-refractivity contribution in [3.05, 3.63) is 50.0 Å². The van der Waals surface area contributed by atoms with E-state index in [0.29, 0.717) is 0 Å². The third kappa shape index (κ3) is 3.97. The molecule has 4 atom stereocenters. The number of carbonyl (C=O) groups is 3. The van der Waals surface area contributed by atoms with Gasteiger partial charge in [0.1, 0.15) is 11.3 Å². The Morgan fingerprint density at radius 1 is 1.17 bits per heavy atom. The highest BCUT2D eigenvalue weighted by atomic mass is 32.3. The second-order valence-electron chi connectivity index (χ2n) is 10.3. The Balaban J connectivity index is 2.10. The van der Waals surface area contributed by atoms with Crippen LogP contribution in [-0.4, -0.2) is 100 Å². The molecule has 7 N–H and O–H groups in total. The molecule has 17 nitrogen and oxygen atoms in total. The zero-order valence-electron chi connectivity index (χ0n) is 22.0. The maximum Gasteiger partial charge on any atom is 0.399 e. The maximum atomic E-state index is 13.8. The molecule has 0 aliphatic heterocycles. The summed E-state index contributed by atoms with van der Waals surface area (Å²) >= 11 is 0. The molecule has 0 saturated heterocycles. The molecule has 1 aromatic carbocycles. The van der Waals surface area contributed by atoms with Crippen LogP contribution in [-0.2, 0) is 30.6 Å². The molecule has 41 heavy (non-hydrogen) atoms. The summed E-state index contributed by atoms with van der Waals surface area (Å²) in [5, 5.41) is 56.6. The second-order valence-corrected chi connectivity index (χ2v) is 11.4. The van der Waals surface area contributed by atoms with Crippen LogP contribution in [0.15, 0.2) is 28.7 Å². The number of Topliss-reactive ketones (excluding diaryl/α,β-unsaturated/α-hetero) is 2. The SMILES string of the molecule is CN(C)c1cc([N+](=O)[O-])c(O)c2c1CC1CC3[C@@](O)(C(=O)C(C(N)=O)=C(O)[C@@]3(OS(=O)(=O)O)N(C)C)C(O)=C1C2=O. The molecule has 0 radical (unpaired) electrons. The molecule has 0 bridgehead atoms. The number of hydrogen-bond acceptors (Lipinski definition) is 14. The summed E-state index contributed by atoms with van der Waals surface area (Å²) in [6.45, 7) is 0. The minimum absolute atomic E-state index is 0.0981. The number of aromatic hydroxyl groups is 1. The minimum Gasteiger partial charge on any atom is -0.508 e. The summed E-state index contributed by atoms with van der Waals surface area (Å²) < 4.78 is 38.4. The van der Waals surface area contributed by atoms with Crippen LogP contribution in [0.2, 0.25) is 0 Å². The topological polar surface area (TPSA) is 271 Å². The number of hydrogen-bond donors (Lipinski definition) is 6. The second kappa shape index (κ2) is 9.21. The van der Waals surface area contributed by atoms with Crippen molar-refractivity contribution >= 4 is 39.2 Å². The summed E-state index contributed by atoms with van der Waals surface area (Å²) in [7, 11) is -0.296. The van der Waals surface area contributed by atoms with Crippen LogP contribution in [0.4, 0.5) is 11.4 Å². The number of benzene rings is 1. The van der Waals surface area contributed by atoms with Crippen molar-refractivity contribution < 1.29 is 56.9 Å². The van der Waals surface area contributed by atoms with Gasteiger partial charge in [-0.3, -0.25) is 34.0 Å². The van der Waals surface area contributed by atoms with Crippen molar-refractivity contribution in [3.63, 3.8) is 0 Å². The summed E-state index contributed by atoms with van der Waals surface area (Å²) in [4.78, 5) is 52.5. The Morgan fingerprint density at radius 2 is 1.76 bits per heavy atom. The molecule has 0 heterocycles. The third-order valence-electron chi connectivity index (χ3n) is 7.78. The van der Waals surface area contributed by atoms with E-state index in [1.54, 1.807) is 0 Å². The van der Waals surface area contributed by atoms with Crippen molar-refractivity contribution in [1.29, 1.82) is 0 Å². The van der Waals surface area contributed by atoms with Gasteiger partial charge in [0.15, 0.2) is 17.1 Å². The Morgan fingerprint density at radius 3 is 2.22 bits per heavy atom. The molecular weight excluding hydrogens is 572 g/mol. The molecule has 2 unspecified atom stereocenters. The van der Waals surface area contributed by atoms with Crippen LogP contribution in [0.3, 0.4) is 0 Å². The summed E-state index contributed by atoms with van der Waals surface area (Å²) in [6.07, 6.45) is -0.843. The molecule has 1 amide bonds. The molecule has 0 saturated carbocycles. The number of anilines is 1. The number of nitrogens with zero attached hydrogens (tertiary/aromatic N) is 3. The van der Waals surface area contributed by atoms with Gasteiger partial charge in [-0.25, -0.2) is 4.18 Å². The highest BCUT2D eigenvalue weighted by Gasteiger charge is 2.71. The van der Waals surface area contributed by atoms with Gasteiger partial charge in [0.05, 0.1) is 16.4 Å². The molecule has 3 aliphatic rings. The number of nitro benzene ring substituents is 1. The molecule has 0 spiro atoms. The largest absolute Gasteiger partial charge is 0.508 e. The molecular formula is C23H26N4O13S. The number of carbonyl (C=O) groups excluding carboxylic acids is 3. The summed E-state index contributed by atoms with van der Waals surface area (Å²) in [5.74, 6) is -11.5. The van der Waals surface area contributed by atoms with Gasteiger partial charge in [-0.2, -0.15) is 8.42 Å². The molecule has 0 aromatic heterocycles. The smallest absolute Gasteiger partial charge is 0.399 e. The monoisotopic (exact) mass is 598 g/mol. The number of rotatable bonds is 6. The number of aliphatic hydroxyl groups is 3. The van der Waals surface area contributed by atoms with E-state index in [2.05, 4.69) is 0 Å². The highest BCUT2D eigenvalue weighted by molar-refractivity contribution is 7.80. The van der Waals surface area contributed by atoms with Crippen molar-refractivity contribution in [3.8, 4) is 5.75 Å². The summed E-state index contributed by atoms with van der Waals surface area (Å²) in [6, 6.07) is 1.03. The number of nitrogens with two attached hydrogens (primary N) is 1. The van der Waals surface area contributed by atoms with Gasteiger partial charge in [-0.15, -0.1) is 0 Å². The van der Waals surface area contributed by atoms with Crippen molar-refractivity contribution in [2.24, 2.45) is 17.6 Å². The number of likely N-dealkylation sites (N-methyl/N-ethyl adjacent to an activating group) is 1. The van der Waals surface area contributed by atoms with E-state index in [-0.39, 0.29) is 17.7 Å². The van der Waals surface area contributed by atoms with Crippen LogP contribution in [0.1, 0.15) is 22.3 Å². The van der Waals surface area contributed by atoms with Crippen LogP contribution in [0.25, 0.3) is 0 Å². The third-order valence-corrected chi connectivity index (χ3v) is 8.24. The highest BCUT2D eigenvalue weighted by Crippen LogP contribution is 2.57. The van der Waals surface area contributed by atoms with Gasteiger partial charge in [0.2, 0.25) is 17.3 Å². The molecule has 0 fully saturated rings. The molecule has 222 valence electrons. The van der Waals surface area contributed by atoms with Gasteiger partial charge < -0.3 is 31.1 Å². The number of nitro groups is 1. The van der Waals surface area contributed by atoms with Gasteiger partial charge in [0, 0.05) is 31.4 Å². The Hall–Kier alpha value is -4.10. The molecule has 18 heteroatoms. The lowest BCUT2D eigenvalue weighted by molar-refractivity contribution is -0.385. The fourth-order valence-electron chi connectivity index (χ4n) is 6.11. The first-order valence-corrected chi connectivity index (χ1v) is 13.1.